The van der Waals surface area contributed by atoms with E-state index < -0.39 is 6.09 Å². The predicted octanol–water partition coefficient (Wildman–Crippen LogP) is 2.49. The number of para-hydroxylation sites is 1. The maximum absolute atomic E-state index is 11.4. The summed E-state index contributed by atoms with van der Waals surface area (Å²) in [5, 5.41) is 4.66. The molecule has 1 amide bonds. The number of amides is 1. The normalized spacial score (nSPS) is 11.8. The van der Waals surface area contributed by atoms with E-state index in [4.69, 9.17) is 4.74 Å². The summed E-state index contributed by atoms with van der Waals surface area (Å²) in [6.07, 6.45) is 6.18. The van der Waals surface area contributed by atoms with Crippen LogP contribution in [-0.2, 0) is 4.74 Å². The maximum atomic E-state index is 11.4. The third-order valence-electron chi connectivity index (χ3n) is 2.48. The molecule has 0 aliphatic carbocycles. The minimum absolute atomic E-state index is 0.225. The van der Waals surface area contributed by atoms with Crippen molar-refractivity contribution in [3.05, 3.63) is 66.3 Å². The van der Waals surface area contributed by atoms with Gasteiger partial charge < -0.3 is 4.74 Å². The topological polar surface area (TPSA) is 56.5 Å². The van der Waals surface area contributed by atoms with Crippen LogP contribution < -0.4 is 5.36 Å². The van der Waals surface area contributed by atoms with Gasteiger partial charge in [0.05, 0.1) is 17.2 Å². The lowest BCUT2D eigenvalue weighted by Gasteiger charge is -2.03. The Morgan fingerprint density at radius 3 is 2.80 bits per heavy atom. The van der Waals surface area contributed by atoms with Crippen molar-refractivity contribution in [2.24, 2.45) is 4.99 Å². The zero-order valence-corrected chi connectivity index (χ0v) is 11.1. The molecule has 5 nitrogen and oxygen atoms in total. The van der Waals surface area contributed by atoms with E-state index >= 15 is 0 Å². The zero-order valence-electron chi connectivity index (χ0n) is 11.1. The number of carbonyl (C=O) groups is 1. The van der Waals surface area contributed by atoms with Gasteiger partial charge in [-0.15, -0.1) is 0 Å². The van der Waals surface area contributed by atoms with Crippen LogP contribution in [0.5, 0.6) is 0 Å². The van der Waals surface area contributed by atoms with Crippen LogP contribution in [0, 0.1) is 0 Å². The average Bonchev–Trinajstić information content (AvgIpc) is 2.49. The third-order valence-corrected chi connectivity index (χ3v) is 2.48. The molecule has 0 radical (unpaired) electrons. The molecule has 1 aromatic carbocycles. The van der Waals surface area contributed by atoms with Gasteiger partial charge >= 0.3 is 6.09 Å². The molecule has 0 aliphatic heterocycles. The molecule has 5 heteroatoms. The molecule has 1 heterocycles. The van der Waals surface area contributed by atoms with E-state index in [1.54, 1.807) is 29.1 Å². The molecule has 2 rings (SSSR count). The van der Waals surface area contributed by atoms with Gasteiger partial charge in [0, 0.05) is 6.20 Å². The number of ether oxygens (including phenoxy) is 1. The number of hydrogen-bond donors (Lipinski definition) is 0. The van der Waals surface area contributed by atoms with Gasteiger partial charge in [-0.25, -0.2) is 9.48 Å². The van der Waals surface area contributed by atoms with Gasteiger partial charge in [-0.05, 0) is 25.1 Å². The molecule has 0 saturated carbocycles. The summed E-state index contributed by atoms with van der Waals surface area (Å²) in [6, 6.07) is 11.4. The van der Waals surface area contributed by atoms with Crippen LogP contribution in [0.1, 0.15) is 6.92 Å². The number of aromatic nitrogens is 2. The number of nitrogens with zero attached hydrogens (tertiary/aromatic N) is 3. The van der Waals surface area contributed by atoms with Crippen molar-refractivity contribution in [2.75, 3.05) is 6.61 Å². The molecule has 0 N–H and O–H groups in total. The summed E-state index contributed by atoms with van der Waals surface area (Å²) in [5.74, 6) is 0. The largest absolute Gasteiger partial charge is 0.444 e. The number of hydrogen-bond acceptors (Lipinski definition) is 3. The molecule has 0 atom stereocenters. The van der Waals surface area contributed by atoms with Crippen LogP contribution in [0.4, 0.5) is 4.79 Å². The smallest absolute Gasteiger partial charge is 0.434 e. The molecule has 0 unspecified atom stereocenters. The van der Waals surface area contributed by atoms with Crippen LogP contribution in [0.25, 0.3) is 5.69 Å². The minimum Gasteiger partial charge on any atom is -0.444 e. The molecule has 1 aromatic heterocycles. The number of carbonyl (C=O) groups excluding carboxylic acids is 1. The SMILES string of the molecule is C/C=C/COC(=O)/N=c1\ccn(-c2ccccc2)nc1. The fourth-order valence-electron chi connectivity index (χ4n) is 1.50. The first-order valence-corrected chi connectivity index (χ1v) is 6.22. The summed E-state index contributed by atoms with van der Waals surface area (Å²) in [6.45, 7) is 2.08. The van der Waals surface area contributed by atoms with Crippen LogP contribution in [0.15, 0.2) is 65.9 Å². The van der Waals surface area contributed by atoms with Crippen molar-refractivity contribution in [1.82, 2.24) is 9.78 Å². The number of allylic oxidation sites excluding steroid dienone is 1. The highest BCUT2D eigenvalue weighted by Gasteiger charge is 1.97. The Hall–Kier alpha value is -2.69. The molecule has 0 saturated heterocycles. The van der Waals surface area contributed by atoms with Gasteiger partial charge in [-0.2, -0.15) is 10.1 Å². The van der Waals surface area contributed by atoms with E-state index in [2.05, 4.69) is 10.1 Å². The van der Waals surface area contributed by atoms with E-state index in [0.29, 0.717) is 5.36 Å². The lowest BCUT2D eigenvalue weighted by molar-refractivity contribution is 0.168. The first-order valence-electron chi connectivity index (χ1n) is 6.22. The quantitative estimate of drug-likeness (QED) is 0.804. The van der Waals surface area contributed by atoms with Gasteiger partial charge in [0.15, 0.2) is 0 Å². The zero-order chi connectivity index (χ0) is 14.2. The molecular formula is C15H15N3O2. The van der Waals surface area contributed by atoms with Crippen LogP contribution >= 0.6 is 0 Å². The number of rotatable bonds is 3. The van der Waals surface area contributed by atoms with E-state index in [0.717, 1.165) is 5.69 Å². The predicted molar refractivity (Wildman–Crippen MR) is 75.3 cm³/mol. The summed E-state index contributed by atoms with van der Waals surface area (Å²) >= 11 is 0. The minimum atomic E-state index is -0.623. The second-order valence-corrected chi connectivity index (χ2v) is 3.92. The van der Waals surface area contributed by atoms with Gasteiger partial charge in [-0.3, -0.25) is 0 Å². The number of benzene rings is 1. The molecule has 0 fully saturated rings. The Kier molecular flexibility index (Phi) is 4.83. The first kappa shape index (κ1) is 13.7. The van der Waals surface area contributed by atoms with Crippen molar-refractivity contribution in [2.45, 2.75) is 6.92 Å². The second-order valence-electron chi connectivity index (χ2n) is 3.92. The van der Waals surface area contributed by atoms with Crippen molar-refractivity contribution in [1.29, 1.82) is 0 Å². The van der Waals surface area contributed by atoms with Gasteiger partial charge in [0.1, 0.15) is 6.61 Å². The van der Waals surface area contributed by atoms with Gasteiger partial charge in [0.2, 0.25) is 0 Å². The lowest BCUT2D eigenvalue weighted by atomic mass is 10.3. The van der Waals surface area contributed by atoms with Gasteiger partial charge in [0.25, 0.3) is 0 Å². The van der Waals surface area contributed by atoms with Crippen LogP contribution in [0.2, 0.25) is 0 Å². The standard InChI is InChI=1S/C15H15N3O2/c1-2-3-11-20-15(19)17-13-9-10-18(16-12-13)14-7-5-4-6-8-14/h2-10,12H,11H2,1H3/b3-2+,17-13+. The fourth-order valence-corrected chi connectivity index (χ4v) is 1.50. The molecule has 0 bridgehead atoms. The molecule has 102 valence electrons. The Balaban J connectivity index is 2.10. The van der Waals surface area contributed by atoms with E-state index in [-0.39, 0.29) is 6.61 Å². The lowest BCUT2D eigenvalue weighted by Crippen LogP contribution is -2.11. The molecular weight excluding hydrogens is 254 g/mol. The van der Waals surface area contributed by atoms with Gasteiger partial charge in [-0.1, -0.05) is 30.4 Å². The third kappa shape index (κ3) is 3.91. The van der Waals surface area contributed by atoms with Crippen molar-refractivity contribution < 1.29 is 9.53 Å². The highest BCUT2D eigenvalue weighted by molar-refractivity contribution is 5.68. The average molecular weight is 269 g/mol. The first-order chi connectivity index (χ1) is 9.79. The monoisotopic (exact) mass is 269 g/mol. The summed E-state index contributed by atoms with van der Waals surface area (Å²) < 4.78 is 6.57. The molecule has 0 aliphatic rings. The van der Waals surface area contributed by atoms with E-state index in [9.17, 15) is 4.79 Å². The van der Waals surface area contributed by atoms with Crippen molar-refractivity contribution in [3.63, 3.8) is 0 Å². The van der Waals surface area contributed by atoms with Crippen molar-refractivity contribution >= 4 is 6.09 Å². The van der Waals surface area contributed by atoms with E-state index in [1.165, 1.54) is 6.20 Å². The Morgan fingerprint density at radius 1 is 1.35 bits per heavy atom. The fraction of sp³-hybridized carbons (Fsp3) is 0.133. The molecule has 2 aromatic rings. The van der Waals surface area contributed by atoms with E-state index in [1.807, 2.05) is 37.3 Å². The summed E-state index contributed by atoms with van der Waals surface area (Å²) in [7, 11) is 0. The van der Waals surface area contributed by atoms with Crippen LogP contribution in [-0.4, -0.2) is 22.5 Å². The Morgan fingerprint density at radius 2 is 2.15 bits per heavy atom. The summed E-state index contributed by atoms with van der Waals surface area (Å²) in [5.41, 5.74) is 0.940. The molecule has 0 spiro atoms. The Bertz CT molecular complexity index is 640. The second kappa shape index (κ2) is 7.04. The highest BCUT2D eigenvalue weighted by Crippen LogP contribution is 2.02. The maximum Gasteiger partial charge on any atom is 0.434 e. The summed E-state index contributed by atoms with van der Waals surface area (Å²) in [4.78, 5) is 15.2. The van der Waals surface area contributed by atoms with Crippen molar-refractivity contribution in [3.8, 4) is 5.69 Å². The molecule has 20 heavy (non-hydrogen) atoms. The highest BCUT2D eigenvalue weighted by atomic mass is 16.5. The van der Waals surface area contributed by atoms with Crippen LogP contribution in [0.3, 0.4) is 0 Å². The Labute approximate surface area is 116 Å².